The van der Waals surface area contributed by atoms with E-state index in [0.29, 0.717) is 0 Å². The second kappa shape index (κ2) is 4.51. The molecule has 0 bridgehead atoms. The molecular formula is C12H8CeN2+3. The summed E-state index contributed by atoms with van der Waals surface area (Å²) in [5, 5.41) is 2.28. The molecule has 3 heteroatoms. The SMILES string of the molecule is [Ce+3].c1cnc2c(c1)ccc1cccnc12. The molecule has 0 unspecified atom stereocenters. The van der Waals surface area contributed by atoms with Gasteiger partial charge in [-0.25, -0.2) is 0 Å². The molecule has 15 heavy (non-hydrogen) atoms. The van der Waals surface area contributed by atoms with E-state index in [4.69, 9.17) is 0 Å². The van der Waals surface area contributed by atoms with Gasteiger partial charge >= 0.3 is 41.7 Å². The van der Waals surface area contributed by atoms with E-state index < -0.39 is 0 Å². The standard InChI is InChI=1S/C12H8N2.Ce/c1-3-9-5-6-10-4-2-8-14-12(10)11(9)13-7-1;/h1-8H;/q;+3. The summed E-state index contributed by atoms with van der Waals surface area (Å²) in [5.41, 5.74) is 1.95. The van der Waals surface area contributed by atoms with Gasteiger partial charge in [0.1, 0.15) is 0 Å². The molecule has 0 aliphatic heterocycles. The summed E-state index contributed by atoms with van der Waals surface area (Å²) in [7, 11) is 0. The van der Waals surface area contributed by atoms with Crippen LogP contribution >= 0.6 is 0 Å². The van der Waals surface area contributed by atoms with Crippen molar-refractivity contribution >= 4 is 21.8 Å². The summed E-state index contributed by atoms with van der Waals surface area (Å²) in [6.07, 6.45) is 3.60. The summed E-state index contributed by atoms with van der Waals surface area (Å²) < 4.78 is 0. The van der Waals surface area contributed by atoms with Gasteiger partial charge in [-0.3, -0.25) is 9.97 Å². The second-order valence-corrected chi connectivity index (χ2v) is 3.22. The van der Waals surface area contributed by atoms with Crippen molar-refractivity contribution in [1.82, 2.24) is 9.97 Å². The van der Waals surface area contributed by atoms with E-state index in [9.17, 15) is 0 Å². The summed E-state index contributed by atoms with van der Waals surface area (Å²) >= 11 is 0. The number of hydrogen-bond donors (Lipinski definition) is 0. The van der Waals surface area contributed by atoms with Crippen molar-refractivity contribution in [2.24, 2.45) is 0 Å². The van der Waals surface area contributed by atoms with Gasteiger partial charge in [-0.2, -0.15) is 0 Å². The molecule has 3 aromatic rings. The minimum Gasteiger partial charge on any atom is -0.254 e. The smallest absolute Gasteiger partial charge is 0.254 e. The zero-order chi connectivity index (χ0) is 9.38. The van der Waals surface area contributed by atoms with Crippen molar-refractivity contribution in [2.45, 2.75) is 0 Å². The van der Waals surface area contributed by atoms with Crippen LogP contribution in [-0.4, -0.2) is 9.97 Å². The first-order valence-corrected chi connectivity index (χ1v) is 4.53. The minimum absolute atomic E-state index is 0. The maximum atomic E-state index is 4.35. The van der Waals surface area contributed by atoms with Crippen molar-refractivity contribution in [3.8, 4) is 0 Å². The third kappa shape index (κ3) is 1.89. The fraction of sp³-hybridized carbons (Fsp3) is 0. The third-order valence-corrected chi connectivity index (χ3v) is 2.34. The molecule has 0 aliphatic carbocycles. The zero-order valence-corrected chi connectivity index (χ0v) is 11.2. The fourth-order valence-electron chi connectivity index (χ4n) is 1.68. The Morgan fingerprint density at radius 1 is 0.667 bits per heavy atom. The Hall–Kier alpha value is -0.583. The van der Waals surface area contributed by atoms with E-state index in [0.717, 1.165) is 21.8 Å². The summed E-state index contributed by atoms with van der Waals surface area (Å²) in [5.74, 6) is 0. The van der Waals surface area contributed by atoms with Gasteiger partial charge in [-0.05, 0) is 12.1 Å². The monoisotopic (exact) mass is 320 g/mol. The first kappa shape index (κ1) is 10.9. The molecule has 1 radical (unpaired) electrons. The van der Waals surface area contributed by atoms with Gasteiger partial charge in [0.25, 0.3) is 0 Å². The van der Waals surface area contributed by atoms with Gasteiger partial charge in [0.15, 0.2) is 0 Å². The molecule has 67 valence electrons. The van der Waals surface area contributed by atoms with E-state index in [1.165, 1.54) is 0 Å². The number of rotatable bonds is 0. The average molecular weight is 320 g/mol. The molecule has 0 spiro atoms. The number of aromatic nitrogens is 2. The van der Waals surface area contributed by atoms with Gasteiger partial charge in [-0.15, -0.1) is 0 Å². The fourth-order valence-corrected chi connectivity index (χ4v) is 1.68. The molecule has 0 N–H and O–H groups in total. The number of hydrogen-bond acceptors (Lipinski definition) is 2. The van der Waals surface area contributed by atoms with Crippen LogP contribution in [0.15, 0.2) is 48.8 Å². The Labute approximate surface area is 121 Å². The summed E-state index contributed by atoms with van der Waals surface area (Å²) in [6, 6.07) is 12.1. The van der Waals surface area contributed by atoms with Crippen molar-refractivity contribution in [1.29, 1.82) is 0 Å². The molecule has 2 aromatic heterocycles. The van der Waals surface area contributed by atoms with Crippen LogP contribution < -0.4 is 0 Å². The van der Waals surface area contributed by atoms with Crippen molar-refractivity contribution < 1.29 is 41.7 Å². The third-order valence-electron chi connectivity index (χ3n) is 2.34. The minimum atomic E-state index is 0. The number of fused-ring (bicyclic) bond motifs is 3. The molecule has 2 heterocycles. The molecule has 2 nitrogen and oxygen atoms in total. The van der Waals surface area contributed by atoms with Crippen LogP contribution in [0.5, 0.6) is 0 Å². The van der Waals surface area contributed by atoms with Gasteiger partial charge < -0.3 is 0 Å². The van der Waals surface area contributed by atoms with E-state index >= 15 is 0 Å². The molecule has 0 aliphatic rings. The van der Waals surface area contributed by atoms with Gasteiger partial charge in [0.05, 0.1) is 11.0 Å². The molecule has 0 amide bonds. The number of benzene rings is 1. The zero-order valence-electron chi connectivity index (χ0n) is 8.01. The normalized spacial score (nSPS) is 10.1. The predicted octanol–water partition coefficient (Wildman–Crippen LogP) is 2.78. The van der Waals surface area contributed by atoms with Crippen LogP contribution in [0, 0.1) is 41.7 Å². The molecule has 3 rings (SSSR count). The van der Waals surface area contributed by atoms with E-state index in [2.05, 4.69) is 34.2 Å². The Kier molecular flexibility index (Phi) is 3.28. The first-order chi connectivity index (χ1) is 6.95. The van der Waals surface area contributed by atoms with E-state index in [1.54, 1.807) is 12.4 Å². The van der Waals surface area contributed by atoms with Gasteiger partial charge in [0.2, 0.25) is 0 Å². The van der Waals surface area contributed by atoms with Gasteiger partial charge in [0, 0.05) is 23.2 Å². The van der Waals surface area contributed by atoms with Gasteiger partial charge in [-0.1, -0.05) is 24.3 Å². The maximum absolute atomic E-state index is 4.35. The number of pyridine rings is 2. The van der Waals surface area contributed by atoms with Crippen LogP contribution in [0.2, 0.25) is 0 Å². The molecule has 0 saturated heterocycles. The Morgan fingerprint density at radius 3 is 1.60 bits per heavy atom. The molecule has 0 fully saturated rings. The van der Waals surface area contributed by atoms with E-state index in [1.807, 2.05) is 12.1 Å². The molecule has 1 aromatic carbocycles. The topological polar surface area (TPSA) is 25.8 Å². The molecule has 0 saturated carbocycles. The average Bonchev–Trinajstić information content (AvgIpc) is 2.29. The molecule has 0 atom stereocenters. The predicted molar refractivity (Wildman–Crippen MR) is 57.0 cm³/mol. The van der Waals surface area contributed by atoms with Crippen LogP contribution in [0.4, 0.5) is 0 Å². The Bertz CT molecular complexity index is 553. The number of nitrogens with zero attached hydrogens (tertiary/aromatic N) is 2. The first-order valence-electron chi connectivity index (χ1n) is 4.53. The summed E-state index contributed by atoms with van der Waals surface area (Å²) in [4.78, 5) is 8.69. The van der Waals surface area contributed by atoms with Crippen molar-refractivity contribution in [2.75, 3.05) is 0 Å². The quantitative estimate of drug-likeness (QED) is 0.595. The Balaban J connectivity index is 0.000000853. The van der Waals surface area contributed by atoms with Crippen LogP contribution in [0.1, 0.15) is 0 Å². The maximum Gasteiger partial charge on any atom is 3.00 e. The summed E-state index contributed by atoms with van der Waals surface area (Å²) in [6.45, 7) is 0. The van der Waals surface area contributed by atoms with Crippen LogP contribution in [0.25, 0.3) is 21.8 Å². The van der Waals surface area contributed by atoms with Crippen LogP contribution in [0.3, 0.4) is 0 Å². The van der Waals surface area contributed by atoms with Crippen molar-refractivity contribution in [3.63, 3.8) is 0 Å². The van der Waals surface area contributed by atoms with Crippen molar-refractivity contribution in [3.05, 3.63) is 48.8 Å². The molecular weight excluding hydrogens is 312 g/mol. The van der Waals surface area contributed by atoms with Crippen LogP contribution in [-0.2, 0) is 0 Å². The second-order valence-electron chi connectivity index (χ2n) is 3.22. The largest absolute Gasteiger partial charge is 3.00 e. The van der Waals surface area contributed by atoms with E-state index in [-0.39, 0.29) is 41.7 Å². The Morgan fingerprint density at radius 2 is 1.13 bits per heavy atom.